The summed E-state index contributed by atoms with van der Waals surface area (Å²) in [5.41, 5.74) is 3.38. The first-order chi connectivity index (χ1) is 11.3. The van der Waals surface area contributed by atoms with E-state index >= 15 is 0 Å². The molecular weight excluding hydrogens is 294 g/mol. The fraction of sp³-hybridized carbons (Fsp3) is 0.200. The van der Waals surface area contributed by atoms with Gasteiger partial charge in [-0.3, -0.25) is 4.79 Å². The zero-order valence-electron chi connectivity index (χ0n) is 12.2. The first-order valence-corrected chi connectivity index (χ1v) is 7.22. The van der Waals surface area contributed by atoms with Crippen LogP contribution in [0.3, 0.4) is 0 Å². The molecule has 3 heterocycles. The monoisotopic (exact) mass is 307 g/mol. The van der Waals surface area contributed by atoms with E-state index in [0.717, 1.165) is 23.4 Å². The molecule has 0 N–H and O–H groups in total. The summed E-state index contributed by atoms with van der Waals surface area (Å²) in [7, 11) is 0. The van der Waals surface area contributed by atoms with Crippen molar-refractivity contribution in [3.63, 3.8) is 0 Å². The first kappa shape index (κ1) is 13.5. The molecule has 1 aliphatic heterocycles. The van der Waals surface area contributed by atoms with Gasteiger partial charge in [0.25, 0.3) is 5.91 Å². The van der Waals surface area contributed by atoms with Gasteiger partial charge < -0.3 is 4.90 Å². The lowest BCUT2D eigenvalue weighted by Gasteiger charge is -2.28. The Balaban J connectivity index is 1.59. The van der Waals surface area contributed by atoms with Crippen LogP contribution in [-0.2, 0) is 13.0 Å². The number of tetrazole rings is 1. The van der Waals surface area contributed by atoms with E-state index in [0.29, 0.717) is 18.7 Å². The highest BCUT2D eigenvalue weighted by Crippen LogP contribution is 2.19. The molecule has 2 aromatic heterocycles. The minimum absolute atomic E-state index is 0.0190. The highest BCUT2D eigenvalue weighted by atomic mass is 16.2. The highest BCUT2D eigenvalue weighted by Gasteiger charge is 2.22. The third-order valence-corrected chi connectivity index (χ3v) is 3.85. The second kappa shape index (κ2) is 5.56. The minimum atomic E-state index is -0.0190. The molecule has 8 heteroatoms. The summed E-state index contributed by atoms with van der Waals surface area (Å²) in [5, 5.41) is 11.1. The predicted octanol–water partition coefficient (Wildman–Crippen LogP) is 0.651. The van der Waals surface area contributed by atoms with Gasteiger partial charge in [0.15, 0.2) is 0 Å². The molecular formula is C15H13N7O. The van der Waals surface area contributed by atoms with Crippen LogP contribution in [0.1, 0.15) is 21.6 Å². The van der Waals surface area contributed by atoms with Crippen molar-refractivity contribution in [3.05, 3.63) is 59.9 Å². The van der Waals surface area contributed by atoms with Crippen molar-refractivity contribution in [1.82, 2.24) is 35.1 Å². The molecule has 8 nitrogen and oxygen atoms in total. The van der Waals surface area contributed by atoms with E-state index in [1.165, 1.54) is 11.0 Å². The van der Waals surface area contributed by atoms with Crippen molar-refractivity contribution in [3.8, 4) is 5.69 Å². The van der Waals surface area contributed by atoms with E-state index < -0.39 is 0 Å². The van der Waals surface area contributed by atoms with Gasteiger partial charge in [-0.2, -0.15) is 0 Å². The number of nitrogens with zero attached hydrogens (tertiary/aromatic N) is 7. The fourth-order valence-corrected chi connectivity index (χ4v) is 2.68. The molecule has 114 valence electrons. The quantitative estimate of drug-likeness (QED) is 0.690. The van der Waals surface area contributed by atoms with Gasteiger partial charge in [0.1, 0.15) is 12.7 Å². The van der Waals surface area contributed by atoms with Crippen molar-refractivity contribution in [2.24, 2.45) is 0 Å². The second-order valence-corrected chi connectivity index (χ2v) is 5.28. The largest absolute Gasteiger partial charge is 0.334 e. The highest BCUT2D eigenvalue weighted by molar-refractivity contribution is 5.94. The van der Waals surface area contributed by atoms with Crippen molar-refractivity contribution in [2.75, 3.05) is 6.54 Å². The van der Waals surface area contributed by atoms with Crippen LogP contribution in [0.25, 0.3) is 5.69 Å². The maximum absolute atomic E-state index is 12.8. The van der Waals surface area contributed by atoms with Gasteiger partial charge in [-0.1, -0.05) is 6.07 Å². The molecule has 4 rings (SSSR count). The number of hydrogen-bond donors (Lipinski definition) is 0. The molecule has 0 saturated heterocycles. The van der Waals surface area contributed by atoms with Crippen LogP contribution in [0, 0.1) is 0 Å². The van der Waals surface area contributed by atoms with Crippen LogP contribution in [0.15, 0.2) is 43.1 Å². The Bertz CT molecular complexity index is 847. The van der Waals surface area contributed by atoms with E-state index in [1.807, 2.05) is 17.0 Å². The molecule has 0 unspecified atom stereocenters. The summed E-state index contributed by atoms with van der Waals surface area (Å²) in [6.07, 6.45) is 5.57. The lowest BCUT2D eigenvalue weighted by molar-refractivity contribution is 0.0733. The van der Waals surface area contributed by atoms with Gasteiger partial charge >= 0.3 is 0 Å². The second-order valence-electron chi connectivity index (χ2n) is 5.28. The van der Waals surface area contributed by atoms with Gasteiger partial charge in [0.2, 0.25) is 0 Å². The van der Waals surface area contributed by atoms with Crippen LogP contribution < -0.4 is 0 Å². The van der Waals surface area contributed by atoms with Crippen LogP contribution in [0.2, 0.25) is 0 Å². The number of carbonyl (C=O) groups is 1. The number of hydrogen-bond acceptors (Lipinski definition) is 6. The number of amides is 1. The maximum atomic E-state index is 12.8. The number of fused-ring (bicyclic) bond motifs is 1. The molecule has 1 aliphatic rings. The first-order valence-electron chi connectivity index (χ1n) is 7.22. The number of carbonyl (C=O) groups excluding carboxylic acids is 1. The van der Waals surface area contributed by atoms with Crippen LogP contribution >= 0.6 is 0 Å². The Morgan fingerprint density at radius 2 is 2.22 bits per heavy atom. The summed E-state index contributed by atoms with van der Waals surface area (Å²) in [6, 6.07) is 7.26. The average molecular weight is 307 g/mol. The number of aromatic nitrogens is 6. The van der Waals surface area contributed by atoms with Gasteiger partial charge in [-0.25, -0.2) is 14.6 Å². The van der Waals surface area contributed by atoms with Crippen molar-refractivity contribution in [2.45, 2.75) is 13.0 Å². The molecule has 0 bridgehead atoms. The zero-order valence-corrected chi connectivity index (χ0v) is 12.2. The van der Waals surface area contributed by atoms with E-state index in [4.69, 9.17) is 0 Å². The maximum Gasteiger partial charge on any atom is 0.254 e. The SMILES string of the molecule is O=C(c1cccc(-n2cnnn2)c1)N1CCc2ncncc2C1. The molecule has 0 saturated carbocycles. The van der Waals surface area contributed by atoms with Gasteiger partial charge in [-0.05, 0) is 28.6 Å². The van der Waals surface area contributed by atoms with Crippen molar-refractivity contribution >= 4 is 5.91 Å². The Labute approximate surface area is 131 Å². The van der Waals surface area contributed by atoms with Crippen LogP contribution in [0.4, 0.5) is 0 Å². The van der Waals surface area contributed by atoms with E-state index in [9.17, 15) is 4.79 Å². The van der Waals surface area contributed by atoms with Gasteiger partial charge in [0.05, 0.1) is 11.4 Å². The molecule has 0 aliphatic carbocycles. The Morgan fingerprint density at radius 1 is 1.26 bits per heavy atom. The van der Waals surface area contributed by atoms with E-state index in [-0.39, 0.29) is 5.91 Å². The average Bonchev–Trinajstić information content (AvgIpc) is 3.15. The summed E-state index contributed by atoms with van der Waals surface area (Å²) in [6.45, 7) is 1.18. The number of benzene rings is 1. The lowest BCUT2D eigenvalue weighted by Crippen LogP contribution is -2.36. The summed E-state index contributed by atoms with van der Waals surface area (Å²) in [5.74, 6) is -0.0190. The summed E-state index contributed by atoms with van der Waals surface area (Å²) in [4.78, 5) is 22.9. The standard InChI is InChI=1S/C15H13N7O/c23-15(21-5-4-14-12(8-21)7-16-9-17-14)11-2-1-3-13(6-11)22-10-18-19-20-22/h1-3,6-7,9-10H,4-5,8H2. The smallest absolute Gasteiger partial charge is 0.254 e. The third-order valence-electron chi connectivity index (χ3n) is 3.85. The molecule has 1 amide bonds. The Kier molecular flexibility index (Phi) is 3.26. The number of rotatable bonds is 2. The molecule has 0 atom stereocenters. The van der Waals surface area contributed by atoms with Crippen molar-refractivity contribution in [1.29, 1.82) is 0 Å². The fourth-order valence-electron chi connectivity index (χ4n) is 2.68. The zero-order chi connectivity index (χ0) is 15.6. The predicted molar refractivity (Wildman–Crippen MR) is 79.6 cm³/mol. The van der Waals surface area contributed by atoms with Gasteiger partial charge in [-0.15, -0.1) is 5.10 Å². The van der Waals surface area contributed by atoms with Crippen molar-refractivity contribution < 1.29 is 4.79 Å². The molecule has 23 heavy (non-hydrogen) atoms. The van der Waals surface area contributed by atoms with E-state index in [1.54, 1.807) is 24.7 Å². The lowest BCUT2D eigenvalue weighted by atomic mass is 10.1. The summed E-state index contributed by atoms with van der Waals surface area (Å²) < 4.78 is 1.52. The van der Waals surface area contributed by atoms with Crippen LogP contribution in [-0.4, -0.2) is 47.5 Å². The molecule has 3 aromatic rings. The van der Waals surface area contributed by atoms with Gasteiger partial charge in [0, 0.05) is 36.8 Å². The molecule has 0 radical (unpaired) electrons. The normalized spacial score (nSPS) is 13.7. The minimum Gasteiger partial charge on any atom is -0.334 e. The topological polar surface area (TPSA) is 89.7 Å². The molecule has 0 spiro atoms. The van der Waals surface area contributed by atoms with Crippen LogP contribution in [0.5, 0.6) is 0 Å². The summed E-state index contributed by atoms with van der Waals surface area (Å²) >= 11 is 0. The molecule has 1 aromatic carbocycles. The third kappa shape index (κ3) is 2.54. The van der Waals surface area contributed by atoms with E-state index in [2.05, 4.69) is 25.5 Å². The Morgan fingerprint density at radius 3 is 3.09 bits per heavy atom. The molecule has 0 fully saturated rings. The Hall–Kier alpha value is -3.16.